The van der Waals surface area contributed by atoms with Gasteiger partial charge in [-0.25, -0.2) is 0 Å². The minimum Gasteiger partial charge on any atom is -0.492 e. The Morgan fingerprint density at radius 2 is 1.52 bits per heavy atom. The average molecular weight is 892 g/mol. The fourth-order valence-corrected chi connectivity index (χ4v) is 8.59. The van der Waals surface area contributed by atoms with Crippen LogP contribution in [0.2, 0.25) is 0 Å². The van der Waals surface area contributed by atoms with Crippen LogP contribution in [0.25, 0.3) is 11.1 Å². The highest BCUT2D eigenvalue weighted by Crippen LogP contribution is 2.41. The maximum absolute atomic E-state index is 14.7. The van der Waals surface area contributed by atoms with Gasteiger partial charge in [0.1, 0.15) is 36.5 Å². The molecule has 15 nitrogen and oxygen atoms in total. The van der Waals surface area contributed by atoms with E-state index in [2.05, 4.69) is 12.2 Å². The number of carbonyl (C=O) groups is 5. The van der Waals surface area contributed by atoms with Crippen molar-refractivity contribution in [3.63, 3.8) is 0 Å². The number of Topliss-reactive ketones (excluding diaryl/α,β-unsaturated/α-hetero) is 3. The normalized spacial score (nSPS) is 17.3. The number of aryl methyl sites for hydroxylation is 2. The second-order valence-electron chi connectivity index (χ2n) is 16.5. The van der Waals surface area contributed by atoms with Crippen molar-refractivity contribution in [2.24, 2.45) is 29.0 Å². The van der Waals surface area contributed by atoms with Gasteiger partial charge in [-0.3, -0.25) is 28.5 Å². The molecule has 3 aromatic rings. The summed E-state index contributed by atoms with van der Waals surface area (Å²) in [5.41, 5.74) is 21.9. The van der Waals surface area contributed by atoms with Gasteiger partial charge in [-0.15, -0.1) is 0 Å². The second-order valence-corrected chi connectivity index (χ2v) is 17.9. The summed E-state index contributed by atoms with van der Waals surface area (Å²) in [7, 11) is -3.28. The molecule has 0 unspecified atom stereocenters. The van der Waals surface area contributed by atoms with E-state index >= 15 is 0 Å². The summed E-state index contributed by atoms with van der Waals surface area (Å²) in [6.45, 7) is 6.24. The van der Waals surface area contributed by atoms with Crippen LogP contribution < -0.4 is 32.0 Å². The summed E-state index contributed by atoms with van der Waals surface area (Å²) in [5.74, 6) is -5.42. The molecule has 2 amide bonds. The molecule has 0 saturated heterocycles. The molecule has 0 aromatic heterocycles. The van der Waals surface area contributed by atoms with Gasteiger partial charge in [-0.05, 0) is 85.7 Å². The van der Waals surface area contributed by atoms with Gasteiger partial charge in [0.05, 0.1) is 6.04 Å². The number of rotatable bonds is 22. The molecule has 0 spiro atoms. The maximum Gasteiger partial charge on any atom is 0.272 e. The van der Waals surface area contributed by atoms with Gasteiger partial charge < -0.3 is 36.9 Å². The number of ketones is 3. The summed E-state index contributed by atoms with van der Waals surface area (Å²) < 4.78 is 45.3. The van der Waals surface area contributed by atoms with Gasteiger partial charge in [0.25, 0.3) is 10.1 Å². The van der Waals surface area contributed by atoms with Gasteiger partial charge in [-0.2, -0.15) is 8.42 Å². The second kappa shape index (κ2) is 24.2. The number of likely N-dealkylation sites (N-methyl/N-ethyl adjacent to an activating group) is 1. The fraction of sp³-hybridized carbons (Fsp3) is 0.511. The van der Waals surface area contributed by atoms with E-state index in [-0.39, 0.29) is 57.9 Å². The van der Waals surface area contributed by atoms with E-state index < -0.39 is 69.6 Å². The van der Waals surface area contributed by atoms with E-state index in [1.165, 1.54) is 38.1 Å². The zero-order valence-corrected chi connectivity index (χ0v) is 37.8. The number of fused-ring (bicyclic) bond motifs is 5. The molecule has 4 bridgehead atoms. The third-order valence-corrected chi connectivity index (χ3v) is 12.0. The van der Waals surface area contributed by atoms with Gasteiger partial charge >= 0.3 is 0 Å². The van der Waals surface area contributed by atoms with Crippen molar-refractivity contribution < 1.29 is 46.4 Å². The van der Waals surface area contributed by atoms with Crippen LogP contribution >= 0.6 is 0 Å². The summed E-state index contributed by atoms with van der Waals surface area (Å²) in [6, 6.07) is 13.1. The predicted octanol–water partition coefficient (Wildman–Crippen LogP) is 4.68. The summed E-state index contributed by atoms with van der Waals surface area (Å²) in [6.07, 6.45) is 6.14. The number of hydrogen-bond donors (Lipinski definition) is 5. The number of unbranched alkanes of at least 4 members (excludes halogenated alkanes) is 4. The predicted molar refractivity (Wildman–Crippen MR) is 242 cm³/mol. The van der Waals surface area contributed by atoms with Crippen molar-refractivity contribution in [1.29, 1.82) is 0 Å². The topological polar surface area (TPSA) is 252 Å². The molecule has 0 saturated carbocycles. The van der Waals surface area contributed by atoms with Gasteiger partial charge in [0.15, 0.2) is 17.3 Å². The van der Waals surface area contributed by atoms with Crippen LogP contribution in [0.4, 0.5) is 0 Å². The summed E-state index contributed by atoms with van der Waals surface area (Å²) in [4.78, 5) is 71.5. The Morgan fingerprint density at radius 3 is 2.14 bits per heavy atom. The van der Waals surface area contributed by atoms with Gasteiger partial charge in [0.2, 0.25) is 11.8 Å². The van der Waals surface area contributed by atoms with Crippen LogP contribution in [0.1, 0.15) is 104 Å². The van der Waals surface area contributed by atoms with E-state index in [4.69, 9.17) is 26.7 Å². The van der Waals surface area contributed by atoms with Crippen LogP contribution in [0, 0.1) is 18.8 Å². The first kappa shape index (κ1) is 50.6. The first-order valence-corrected chi connectivity index (χ1v) is 23.5. The Kier molecular flexibility index (Phi) is 19.4. The number of carbonyl (C=O) groups excluding carboxylic acids is 5. The minimum atomic E-state index is -4.76. The Hall–Kier alpha value is -5.00. The van der Waals surface area contributed by atoms with Crippen molar-refractivity contribution >= 4 is 39.3 Å². The van der Waals surface area contributed by atoms with Crippen LogP contribution in [-0.4, -0.2) is 98.7 Å². The monoisotopic (exact) mass is 891 g/mol. The van der Waals surface area contributed by atoms with E-state index in [1.807, 2.05) is 25.1 Å². The molecule has 0 fully saturated rings. The highest BCUT2D eigenvalue weighted by Gasteiger charge is 2.36. The summed E-state index contributed by atoms with van der Waals surface area (Å²) >= 11 is 0. The molecule has 0 aliphatic carbocycles. The number of nitrogens with one attached hydrogen (secondary N) is 1. The molecular weight excluding hydrogens is 827 g/mol. The largest absolute Gasteiger partial charge is 0.492 e. The summed E-state index contributed by atoms with van der Waals surface area (Å²) in [5, 5.41) is 2.60. The number of ether oxygens (including phenoxy) is 2. The number of benzene rings is 3. The van der Waals surface area contributed by atoms with Crippen molar-refractivity contribution in [2.75, 3.05) is 45.6 Å². The Bertz CT molecular complexity index is 2200. The molecule has 1 heterocycles. The lowest BCUT2D eigenvalue weighted by atomic mass is 9.88. The van der Waals surface area contributed by atoms with Crippen molar-refractivity contribution in [3.8, 4) is 22.6 Å². The zero-order valence-electron chi connectivity index (χ0n) is 37.0. The van der Waals surface area contributed by atoms with Gasteiger partial charge in [-0.1, -0.05) is 69.9 Å². The first-order chi connectivity index (χ1) is 30.0. The zero-order chi connectivity index (χ0) is 46.3. The smallest absolute Gasteiger partial charge is 0.272 e. The molecule has 63 heavy (non-hydrogen) atoms. The lowest BCUT2D eigenvalue weighted by Gasteiger charge is -2.32. The standard InChI is InChI=1S/C47H65N5O10S/c1-5-6-7-8-9-10-32-11-14-36(30(2)23-32)40(53)28-35(17-18-48)47(57)52(4)45-34-13-16-44(62-22-20-50)38(27-34)37-25-33(12-15-43(37)61-21-19-49)26-39(42(55)29-63(58,59)60)51-46(56)31(3)24-41(45)54/h11-16,23,25,27,31,35,39,45H,5-10,17-22,24,26,28-29,48-50H2,1-4H3,(H,51,56)(H,58,59,60)/t31-,35-,39+,45+/m1/s1. The Balaban J connectivity index is 1.80. The third kappa shape index (κ3) is 14.5. The molecular formula is C47H65N5O10S. The molecule has 0 radical (unpaired) electrons. The van der Waals surface area contributed by atoms with E-state index in [9.17, 15) is 36.9 Å². The number of hydrogen-bond acceptors (Lipinski definition) is 12. The van der Waals surface area contributed by atoms with Crippen LogP contribution in [0.5, 0.6) is 11.5 Å². The molecule has 4 atom stereocenters. The van der Waals surface area contributed by atoms with Crippen molar-refractivity contribution in [1.82, 2.24) is 10.2 Å². The van der Waals surface area contributed by atoms with Crippen LogP contribution in [0.3, 0.4) is 0 Å². The van der Waals surface area contributed by atoms with Crippen molar-refractivity contribution in [2.45, 2.75) is 97.1 Å². The molecule has 1 aliphatic heterocycles. The van der Waals surface area contributed by atoms with Gasteiger partial charge in [0, 0.05) is 61.5 Å². The molecule has 16 heteroatoms. The molecule has 4 rings (SSSR count). The quantitative estimate of drug-likeness (QED) is 0.0523. The minimum absolute atomic E-state index is 0.0972. The van der Waals surface area contributed by atoms with Crippen LogP contribution in [0.15, 0.2) is 54.6 Å². The van der Waals surface area contributed by atoms with Crippen molar-refractivity contribution in [3.05, 3.63) is 82.4 Å². The molecule has 8 N–H and O–H groups in total. The highest BCUT2D eigenvalue weighted by molar-refractivity contribution is 7.86. The lowest BCUT2D eigenvalue weighted by molar-refractivity contribution is -0.142. The molecule has 1 aliphatic rings. The Labute approximate surface area is 371 Å². The van der Waals surface area contributed by atoms with E-state index in [0.29, 0.717) is 39.3 Å². The Morgan fingerprint density at radius 1 is 0.873 bits per heavy atom. The van der Waals surface area contributed by atoms with Crippen LogP contribution in [-0.2, 0) is 42.1 Å². The SMILES string of the molecule is CCCCCCCc1ccc(C(=O)C[C@@H](CCN)C(=O)N(C)[C@@H]2C(=O)C[C@@H](C)C(=O)N[C@H](C(=O)CS(=O)(=O)O)Cc3ccc(OCCN)c(c3)-c3cc2ccc3OCCN)c(C)c1. The third-order valence-electron chi connectivity index (χ3n) is 11.3. The lowest BCUT2D eigenvalue weighted by Crippen LogP contribution is -2.47. The molecule has 344 valence electrons. The van der Waals surface area contributed by atoms with E-state index in [1.54, 1.807) is 36.4 Å². The number of nitrogens with two attached hydrogens (primary N) is 3. The highest BCUT2D eigenvalue weighted by atomic mass is 32.2. The fourth-order valence-electron chi connectivity index (χ4n) is 8.03. The average Bonchev–Trinajstić information content (AvgIpc) is 3.23. The maximum atomic E-state index is 14.7. The van der Waals surface area contributed by atoms with E-state index in [0.717, 1.165) is 30.4 Å². The first-order valence-electron chi connectivity index (χ1n) is 21.8. The number of nitrogens with zero attached hydrogens (tertiary/aromatic N) is 1. The molecule has 3 aromatic carbocycles. The number of amides is 2.